The molecule has 2 rings (SSSR count). The van der Waals surface area contributed by atoms with Crippen LogP contribution in [0.4, 0.5) is 0 Å². The van der Waals surface area contributed by atoms with Crippen LogP contribution in [0.3, 0.4) is 0 Å². The van der Waals surface area contributed by atoms with Crippen molar-refractivity contribution in [1.82, 2.24) is 0 Å². The SMILES string of the molecule is O=C([O-])c1cccc[n+]1-c1ccccc1. The van der Waals surface area contributed by atoms with Crippen molar-refractivity contribution in [3.63, 3.8) is 0 Å². The quantitative estimate of drug-likeness (QED) is 0.654. The summed E-state index contributed by atoms with van der Waals surface area (Å²) in [5, 5.41) is 10.9. The number of carbonyl (C=O) groups is 1. The highest BCUT2D eigenvalue weighted by atomic mass is 16.4. The highest BCUT2D eigenvalue weighted by Gasteiger charge is 2.12. The molecule has 0 radical (unpaired) electrons. The van der Waals surface area contributed by atoms with Gasteiger partial charge in [-0.3, -0.25) is 0 Å². The van der Waals surface area contributed by atoms with Crippen LogP contribution in [-0.4, -0.2) is 5.97 Å². The number of para-hydroxylation sites is 1. The maximum atomic E-state index is 10.9. The van der Waals surface area contributed by atoms with Crippen LogP contribution in [0, 0.1) is 0 Å². The molecule has 0 aliphatic heterocycles. The summed E-state index contributed by atoms with van der Waals surface area (Å²) in [7, 11) is 0. The third-order valence-corrected chi connectivity index (χ3v) is 2.10. The fraction of sp³-hybridized carbons (Fsp3) is 0. The van der Waals surface area contributed by atoms with Crippen molar-refractivity contribution in [1.29, 1.82) is 0 Å². The molecule has 0 bridgehead atoms. The molecule has 0 N–H and O–H groups in total. The highest BCUT2D eigenvalue weighted by molar-refractivity contribution is 5.81. The van der Waals surface area contributed by atoms with E-state index >= 15 is 0 Å². The van der Waals surface area contributed by atoms with Crippen molar-refractivity contribution in [3.8, 4) is 5.69 Å². The van der Waals surface area contributed by atoms with E-state index in [1.54, 1.807) is 22.9 Å². The lowest BCUT2D eigenvalue weighted by atomic mass is 10.2. The lowest BCUT2D eigenvalue weighted by molar-refractivity contribution is -0.601. The topological polar surface area (TPSA) is 44.0 Å². The Hall–Kier alpha value is -2.16. The Balaban J connectivity index is 2.58. The van der Waals surface area contributed by atoms with Gasteiger partial charge in [0.1, 0.15) is 5.97 Å². The van der Waals surface area contributed by atoms with Crippen molar-refractivity contribution in [2.75, 3.05) is 0 Å². The predicted octanol–water partition coefficient (Wildman–Crippen LogP) is 0.327. The normalized spacial score (nSPS) is 9.87. The van der Waals surface area contributed by atoms with Crippen LogP contribution in [0.2, 0.25) is 0 Å². The fourth-order valence-electron chi connectivity index (χ4n) is 1.42. The van der Waals surface area contributed by atoms with E-state index in [4.69, 9.17) is 0 Å². The molecule has 2 aromatic rings. The number of rotatable bonds is 2. The third kappa shape index (κ3) is 1.86. The molecule has 0 aliphatic rings. The highest BCUT2D eigenvalue weighted by Crippen LogP contribution is 2.00. The molecule has 1 aromatic heterocycles. The maximum absolute atomic E-state index is 10.9. The number of hydrogen-bond acceptors (Lipinski definition) is 2. The van der Waals surface area contributed by atoms with E-state index in [0.717, 1.165) is 5.69 Å². The molecule has 1 heterocycles. The van der Waals surface area contributed by atoms with Gasteiger partial charge in [0.25, 0.3) is 0 Å². The van der Waals surface area contributed by atoms with Gasteiger partial charge in [-0.05, 0) is 6.07 Å². The third-order valence-electron chi connectivity index (χ3n) is 2.10. The van der Waals surface area contributed by atoms with Crippen LogP contribution >= 0.6 is 0 Å². The first-order valence-electron chi connectivity index (χ1n) is 4.56. The zero-order valence-electron chi connectivity index (χ0n) is 7.96. The van der Waals surface area contributed by atoms with Crippen molar-refractivity contribution in [3.05, 3.63) is 60.4 Å². The molecule has 15 heavy (non-hydrogen) atoms. The molecule has 3 heteroatoms. The van der Waals surface area contributed by atoms with Crippen LogP contribution in [-0.2, 0) is 0 Å². The Kier molecular flexibility index (Phi) is 2.46. The van der Waals surface area contributed by atoms with Gasteiger partial charge in [-0.1, -0.05) is 18.2 Å². The standard InChI is InChI=1S/C12H9NO2/c14-12(15)11-8-4-5-9-13(11)10-6-2-1-3-7-10/h1-9H. The van der Waals surface area contributed by atoms with Crippen LogP contribution in [0.25, 0.3) is 5.69 Å². The molecule has 74 valence electrons. The Morgan fingerprint density at radius 1 is 1.00 bits per heavy atom. The fourth-order valence-corrected chi connectivity index (χ4v) is 1.42. The van der Waals surface area contributed by atoms with E-state index in [9.17, 15) is 9.90 Å². The van der Waals surface area contributed by atoms with Crippen molar-refractivity contribution in [2.24, 2.45) is 0 Å². The number of hydrogen-bond donors (Lipinski definition) is 0. The van der Waals surface area contributed by atoms with E-state index in [2.05, 4.69) is 0 Å². The van der Waals surface area contributed by atoms with Gasteiger partial charge in [0.15, 0.2) is 6.20 Å². The largest absolute Gasteiger partial charge is 0.539 e. The summed E-state index contributed by atoms with van der Waals surface area (Å²) in [5.74, 6) is -1.18. The van der Waals surface area contributed by atoms with Gasteiger partial charge in [0, 0.05) is 24.3 Å². The van der Waals surface area contributed by atoms with Crippen molar-refractivity contribution in [2.45, 2.75) is 0 Å². The summed E-state index contributed by atoms with van der Waals surface area (Å²) in [4.78, 5) is 10.9. The number of benzene rings is 1. The Labute approximate surface area is 87.2 Å². The first-order chi connectivity index (χ1) is 7.29. The molecular weight excluding hydrogens is 190 g/mol. The smallest absolute Gasteiger partial charge is 0.234 e. The molecular formula is C12H9NO2. The predicted molar refractivity (Wildman–Crippen MR) is 52.3 cm³/mol. The van der Waals surface area contributed by atoms with Gasteiger partial charge in [-0.25, -0.2) is 0 Å². The molecule has 0 aliphatic carbocycles. The second-order valence-electron chi connectivity index (χ2n) is 3.08. The van der Waals surface area contributed by atoms with Crippen molar-refractivity contribution >= 4 is 5.97 Å². The lowest BCUT2D eigenvalue weighted by Crippen LogP contribution is -2.42. The van der Waals surface area contributed by atoms with E-state index in [-0.39, 0.29) is 5.69 Å². The van der Waals surface area contributed by atoms with E-state index in [1.807, 2.05) is 30.3 Å². The maximum Gasteiger partial charge on any atom is 0.234 e. The van der Waals surface area contributed by atoms with E-state index in [1.165, 1.54) is 6.07 Å². The summed E-state index contributed by atoms with van der Waals surface area (Å²) in [5.41, 5.74) is 0.945. The molecule has 0 atom stereocenters. The van der Waals surface area contributed by atoms with Crippen LogP contribution in [0.5, 0.6) is 0 Å². The van der Waals surface area contributed by atoms with Crippen LogP contribution < -0.4 is 9.67 Å². The first-order valence-corrected chi connectivity index (χ1v) is 4.56. The van der Waals surface area contributed by atoms with Gasteiger partial charge in [-0.15, -0.1) is 0 Å². The number of pyridine rings is 1. The number of aromatic nitrogens is 1. The molecule has 1 aromatic carbocycles. The monoisotopic (exact) mass is 199 g/mol. The Morgan fingerprint density at radius 2 is 1.67 bits per heavy atom. The zero-order valence-corrected chi connectivity index (χ0v) is 7.96. The molecule has 0 unspecified atom stereocenters. The number of aromatic carboxylic acids is 1. The molecule has 3 nitrogen and oxygen atoms in total. The summed E-state index contributed by atoms with van der Waals surface area (Å²) < 4.78 is 1.58. The molecule has 0 saturated heterocycles. The van der Waals surface area contributed by atoms with Gasteiger partial charge in [-0.2, -0.15) is 4.57 Å². The Morgan fingerprint density at radius 3 is 2.33 bits per heavy atom. The minimum Gasteiger partial charge on any atom is -0.539 e. The number of carboxylic acids is 1. The van der Waals surface area contributed by atoms with Crippen LogP contribution in [0.1, 0.15) is 10.5 Å². The number of carbonyl (C=O) groups excluding carboxylic acids is 1. The lowest BCUT2D eigenvalue weighted by Gasteiger charge is -2.02. The summed E-state index contributed by atoms with van der Waals surface area (Å²) in [6, 6.07) is 14.2. The summed E-state index contributed by atoms with van der Waals surface area (Å²) >= 11 is 0. The van der Waals surface area contributed by atoms with Crippen molar-refractivity contribution < 1.29 is 14.5 Å². The molecule has 0 fully saturated rings. The zero-order chi connectivity index (χ0) is 10.7. The average molecular weight is 199 g/mol. The molecule has 0 saturated carbocycles. The van der Waals surface area contributed by atoms with Gasteiger partial charge in [0.2, 0.25) is 11.4 Å². The second-order valence-corrected chi connectivity index (χ2v) is 3.08. The van der Waals surface area contributed by atoms with Gasteiger partial charge < -0.3 is 9.90 Å². The second kappa shape index (κ2) is 3.92. The minimum absolute atomic E-state index is 0.142. The average Bonchev–Trinajstić information content (AvgIpc) is 2.30. The summed E-state index contributed by atoms with van der Waals surface area (Å²) in [6.45, 7) is 0. The first kappa shape index (κ1) is 9.40. The summed E-state index contributed by atoms with van der Waals surface area (Å²) in [6.07, 6.45) is 1.69. The number of carboxylic acid groups (broad SMARTS) is 1. The van der Waals surface area contributed by atoms with E-state index < -0.39 is 5.97 Å². The molecule has 0 amide bonds. The van der Waals surface area contributed by atoms with Crippen LogP contribution in [0.15, 0.2) is 54.7 Å². The Bertz CT molecular complexity index is 480. The molecule has 0 spiro atoms. The minimum atomic E-state index is -1.18. The van der Waals surface area contributed by atoms with Gasteiger partial charge >= 0.3 is 0 Å². The van der Waals surface area contributed by atoms with E-state index in [0.29, 0.717) is 0 Å². The number of nitrogens with zero attached hydrogens (tertiary/aromatic N) is 1. The van der Waals surface area contributed by atoms with Gasteiger partial charge in [0.05, 0.1) is 0 Å².